The summed E-state index contributed by atoms with van der Waals surface area (Å²) in [5.41, 5.74) is -0.873. The van der Waals surface area contributed by atoms with Crippen LogP contribution in [0.1, 0.15) is 0 Å². The second-order valence-corrected chi connectivity index (χ2v) is 5.68. The Morgan fingerprint density at radius 2 is 1.73 bits per heavy atom. The molecule has 1 heterocycles. The molecule has 0 atom stereocenters. The SMILES string of the molecule is COC(=O)C1=C(Nc2ccc(OC(F)(F)F)c(OC(F)(F)F)c2)C(=O)N(CCO)C1. The first-order valence-corrected chi connectivity index (χ1v) is 7.98. The van der Waals surface area contributed by atoms with Gasteiger partial charge in [0.25, 0.3) is 5.91 Å². The van der Waals surface area contributed by atoms with Crippen LogP contribution >= 0.6 is 0 Å². The highest BCUT2D eigenvalue weighted by molar-refractivity contribution is 6.08. The minimum absolute atomic E-state index is 0.148. The van der Waals surface area contributed by atoms with E-state index in [0.29, 0.717) is 12.1 Å². The van der Waals surface area contributed by atoms with Crippen LogP contribution in [0.15, 0.2) is 29.5 Å². The third-order valence-electron chi connectivity index (χ3n) is 3.62. The highest BCUT2D eigenvalue weighted by Crippen LogP contribution is 2.38. The lowest BCUT2D eigenvalue weighted by Crippen LogP contribution is -2.31. The van der Waals surface area contributed by atoms with Crippen LogP contribution in [0.4, 0.5) is 32.0 Å². The molecule has 0 aliphatic carbocycles. The van der Waals surface area contributed by atoms with E-state index in [0.717, 1.165) is 18.1 Å². The largest absolute Gasteiger partial charge is 0.573 e. The molecular formula is C16H14F6N2O6. The topological polar surface area (TPSA) is 97.3 Å². The van der Waals surface area contributed by atoms with Gasteiger partial charge in [-0.15, -0.1) is 26.3 Å². The Morgan fingerprint density at radius 3 is 2.27 bits per heavy atom. The molecule has 0 saturated heterocycles. The molecule has 0 radical (unpaired) electrons. The molecule has 1 aliphatic rings. The third kappa shape index (κ3) is 5.92. The number of aliphatic hydroxyl groups excluding tert-OH is 1. The molecule has 14 heteroatoms. The van der Waals surface area contributed by atoms with Crippen molar-refractivity contribution in [2.75, 3.05) is 32.1 Å². The summed E-state index contributed by atoms with van der Waals surface area (Å²) in [6, 6.07) is 1.94. The van der Waals surface area contributed by atoms with Crippen LogP contribution in [0, 0.1) is 0 Å². The molecule has 30 heavy (non-hydrogen) atoms. The van der Waals surface area contributed by atoms with Crippen LogP contribution < -0.4 is 14.8 Å². The average molecular weight is 444 g/mol. The van der Waals surface area contributed by atoms with Gasteiger partial charge in [-0.25, -0.2) is 4.79 Å². The summed E-state index contributed by atoms with van der Waals surface area (Å²) in [4.78, 5) is 25.4. The molecule has 1 aliphatic heterocycles. The highest BCUT2D eigenvalue weighted by atomic mass is 19.4. The zero-order valence-corrected chi connectivity index (χ0v) is 15.1. The number of amides is 1. The van der Waals surface area contributed by atoms with Crippen molar-refractivity contribution >= 4 is 17.6 Å². The Morgan fingerprint density at radius 1 is 1.13 bits per heavy atom. The number of anilines is 1. The summed E-state index contributed by atoms with van der Waals surface area (Å²) in [5, 5.41) is 11.4. The monoisotopic (exact) mass is 444 g/mol. The molecule has 1 aromatic carbocycles. The van der Waals surface area contributed by atoms with E-state index in [2.05, 4.69) is 19.5 Å². The van der Waals surface area contributed by atoms with E-state index in [4.69, 9.17) is 5.11 Å². The number of rotatable bonds is 7. The second-order valence-electron chi connectivity index (χ2n) is 5.68. The maximum atomic E-state index is 12.6. The van der Waals surface area contributed by atoms with Gasteiger partial charge in [0.15, 0.2) is 11.5 Å². The van der Waals surface area contributed by atoms with Crippen LogP contribution in [0.3, 0.4) is 0 Å². The lowest BCUT2D eigenvalue weighted by atomic mass is 10.2. The lowest BCUT2D eigenvalue weighted by Gasteiger charge is -2.17. The number of ether oxygens (including phenoxy) is 3. The normalized spacial score (nSPS) is 14.8. The predicted molar refractivity (Wildman–Crippen MR) is 86.1 cm³/mol. The van der Waals surface area contributed by atoms with E-state index in [1.807, 2.05) is 0 Å². The number of hydrogen-bond donors (Lipinski definition) is 2. The second kappa shape index (κ2) is 8.69. The minimum Gasteiger partial charge on any atom is -0.466 e. The zero-order valence-electron chi connectivity index (χ0n) is 15.1. The van der Waals surface area contributed by atoms with Crippen LogP contribution in [0.5, 0.6) is 11.5 Å². The highest BCUT2D eigenvalue weighted by Gasteiger charge is 2.38. The van der Waals surface area contributed by atoms with Gasteiger partial charge in [-0.2, -0.15) is 0 Å². The van der Waals surface area contributed by atoms with Crippen molar-refractivity contribution in [1.82, 2.24) is 4.90 Å². The first kappa shape index (κ1) is 23.1. The number of benzene rings is 1. The van der Waals surface area contributed by atoms with Crippen molar-refractivity contribution in [1.29, 1.82) is 0 Å². The van der Waals surface area contributed by atoms with Gasteiger partial charge in [-0.1, -0.05) is 0 Å². The van der Waals surface area contributed by atoms with E-state index >= 15 is 0 Å². The Hall–Kier alpha value is -3.16. The van der Waals surface area contributed by atoms with Crippen LogP contribution in [0.25, 0.3) is 0 Å². The number of esters is 1. The van der Waals surface area contributed by atoms with Gasteiger partial charge < -0.3 is 29.5 Å². The molecule has 2 rings (SSSR count). The first-order chi connectivity index (χ1) is 13.8. The van der Waals surface area contributed by atoms with Crippen molar-refractivity contribution in [3.63, 3.8) is 0 Å². The van der Waals surface area contributed by atoms with E-state index < -0.39 is 42.7 Å². The lowest BCUT2D eigenvalue weighted by molar-refractivity contribution is -0.287. The Kier molecular flexibility index (Phi) is 6.70. The Labute approximate surface area is 164 Å². The minimum atomic E-state index is -5.33. The van der Waals surface area contributed by atoms with Gasteiger partial charge >= 0.3 is 18.7 Å². The molecule has 0 unspecified atom stereocenters. The summed E-state index contributed by atoms with van der Waals surface area (Å²) in [6.45, 7) is -0.832. The molecule has 0 saturated carbocycles. The molecule has 8 nitrogen and oxygen atoms in total. The maximum absolute atomic E-state index is 12.6. The number of nitrogens with zero attached hydrogens (tertiary/aromatic N) is 1. The van der Waals surface area contributed by atoms with Gasteiger partial charge in [0.05, 0.1) is 25.8 Å². The number of nitrogens with one attached hydrogen (secondary N) is 1. The summed E-state index contributed by atoms with van der Waals surface area (Å²) in [7, 11) is 1.03. The quantitative estimate of drug-likeness (QED) is 0.492. The van der Waals surface area contributed by atoms with Crippen molar-refractivity contribution in [2.45, 2.75) is 12.7 Å². The van der Waals surface area contributed by atoms with E-state index in [9.17, 15) is 35.9 Å². The fraction of sp³-hybridized carbons (Fsp3) is 0.375. The van der Waals surface area contributed by atoms with Gasteiger partial charge in [0.1, 0.15) is 5.70 Å². The van der Waals surface area contributed by atoms with Crippen molar-refractivity contribution in [3.05, 3.63) is 29.5 Å². The van der Waals surface area contributed by atoms with Gasteiger partial charge in [-0.3, -0.25) is 4.79 Å². The van der Waals surface area contributed by atoms with Crippen molar-refractivity contribution < 1.29 is 55.2 Å². The molecule has 0 aromatic heterocycles. The molecule has 0 bridgehead atoms. The summed E-state index contributed by atoms with van der Waals surface area (Å²) in [5.74, 6) is -4.30. The molecule has 2 N–H and O–H groups in total. The number of carbonyl (C=O) groups excluding carboxylic acids is 2. The van der Waals surface area contributed by atoms with Gasteiger partial charge in [0.2, 0.25) is 0 Å². The fourth-order valence-electron chi connectivity index (χ4n) is 2.49. The zero-order chi connectivity index (χ0) is 22.7. The molecule has 1 aromatic rings. The van der Waals surface area contributed by atoms with Crippen LogP contribution in [0.2, 0.25) is 0 Å². The summed E-state index contributed by atoms with van der Waals surface area (Å²) >= 11 is 0. The number of carbonyl (C=O) groups is 2. The van der Waals surface area contributed by atoms with E-state index in [1.54, 1.807) is 0 Å². The predicted octanol–water partition coefficient (Wildman–Crippen LogP) is 2.16. The van der Waals surface area contributed by atoms with E-state index in [1.165, 1.54) is 0 Å². The van der Waals surface area contributed by atoms with Crippen LogP contribution in [-0.4, -0.2) is 61.4 Å². The number of halogens is 6. The number of alkyl halides is 6. The van der Waals surface area contributed by atoms with Gasteiger partial charge in [0, 0.05) is 18.3 Å². The molecule has 1 amide bonds. The standard InChI is InChI=1S/C16H14F6N2O6/c1-28-14(27)9-7-24(4-5-25)13(26)12(9)23-8-2-3-10(29-15(17,18)19)11(6-8)30-16(20,21)22/h2-3,6,23,25H,4-5,7H2,1H3. The molecule has 166 valence electrons. The van der Waals surface area contributed by atoms with E-state index in [-0.39, 0.29) is 30.0 Å². The number of methoxy groups -OCH3 is 1. The maximum Gasteiger partial charge on any atom is 0.573 e. The first-order valence-electron chi connectivity index (χ1n) is 7.98. The molecule has 0 fully saturated rings. The van der Waals surface area contributed by atoms with Crippen molar-refractivity contribution in [2.24, 2.45) is 0 Å². The van der Waals surface area contributed by atoms with Crippen molar-refractivity contribution in [3.8, 4) is 11.5 Å². The number of hydrogen-bond acceptors (Lipinski definition) is 7. The van der Waals surface area contributed by atoms with Crippen LogP contribution in [-0.2, 0) is 14.3 Å². The van der Waals surface area contributed by atoms with Gasteiger partial charge in [-0.05, 0) is 12.1 Å². The Balaban J connectivity index is 2.41. The average Bonchev–Trinajstić information content (AvgIpc) is 2.91. The number of aliphatic hydroxyl groups is 1. The number of β-amino-alcohol motifs (C(OH)–C–C–N with tert-alkyl or cyclic N) is 1. The molecule has 0 spiro atoms. The fourth-order valence-corrected chi connectivity index (χ4v) is 2.49. The summed E-state index contributed by atoms with van der Waals surface area (Å²) < 4.78 is 86.6. The molecular weight excluding hydrogens is 430 g/mol. The summed E-state index contributed by atoms with van der Waals surface area (Å²) in [6.07, 6.45) is -10.6. The Bertz CT molecular complexity index is 852. The smallest absolute Gasteiger partial charge is 0.466 e. The third-order valence-corrected chi connectivity index (χ3v) is 3.62.